The van der Waals surface area contributed by atoms with Crippen LogP contribution in [-0.2, 0) is 33.0 Å². The minimum atomic E-state index is -0.591. The Balaban J connectivity index is 0.00000729. The topological polar surface area (TPSA) is 202 Å². The lowest BCUT2D eigenvalue weighted by atomic mass is 10.3. The quantitative estimate of drug-likeness (QED) is 0.0654. The predicted octanol–water partition coefficient (Wildman–Crippen LogP) is 2.82. The first-order valence-electron chi connectivity index (χ1n) is 15.5. The van der Waals surface area contributed by atoms with Crippen molar-refractivity contribution in [3.8, 4) is 0 Å². The van der Waals surface area contributed by atoms with Crippen molar-refractivity contribution in [1.29, 1.82) is 0 Å². The van der Waals surface area contributed by atoms with E-state index < -0.39 is 23.6 Å². The second-order valence-corrected chi connectivity index (χ2v) is 12.2. The lowest BCUT2D eigenvalue weighted by Crippen LogP contribution is -2.46. The van der Waals surface area contributed by atoms with Crippen molar-refractivity contribution in [2.45, 2.75) is 13.0 Å². The molecule has 52 heavy (non-hydrogen) atoms. The lowest BCUT2D eigenvalue weighted by Gasteiger charge is -2.17. The first-order valence-corrected chi connectivity index (χ1v) is 15.9. The molecule has 5 amide bonds. The monoisotopic (exact) mass is 756 g/mol. The Labute approximate surface area is 311 Å². The van der Waals surface area contributed by atoms with E-state index >= 15 is 0 Å². The maximum absolute atomic E-state index is 13.2. The molecule has 0 aliphatic heterocycles. The van der Waals surface area contributed by atoms with Crippen LogP contribution in [-0.4, -0.2) is 80.4 Å². The van der Waals surface area contributed by atoms with Crippen LogP contribution in [0.25, 0.3) is 0 Å². The molecule has 4 aromatic heterocycles. The minimum absolute atomic E-state index is 0. The van der Waals surface area contributed by atoms with E-state index in [0.717, 1.165) is 0 Å². The summed E-state index contributed by atoms with van der Waals surface area (Å²) in [6.45, 7) is 5.62. The van der Waals surface area contributed by atoms with Crippen LogP contribution in [0.2, 0.25) is 0 Å². The standard InChI is InChI=1S/C33H41ClN12O5.ClH/c1-18(38-33(35-3)36-4)13-37-29(48)24-9-21(15-43(24)5)40-31(50)26-11-23(17-45(26)7)42-32(51)27-12-22(16-46(27)8)41-30(49)25-10-20(14-44(25)6)39-28(47)19(2)34;/h9-12,14-18H,2,13H2,1,3-8H3,(H,37,48)(H,39,47)(H,40,50)(H,41,49)(H,42,51)(H2,35,36,38);1H. The van der Waals surface area contributed by atoms with E-state index in [1.165, 1.54) is 22.8 Å². The summed E-state index contributed by atoms with van der Waals surface area (Å²) in [6.07, 6.45) is 6.34. The predicted molar refractivity (Wildman–Crippen MR) is 204 cm³/mol. The number of aryl methyl sites for hydroxylation is 4. The minimum Gasteiger partial charge on any atom is -0.359 e. The van der Waals surface area contributed by atoms with Crippen molar-refractivity contribution >= 4 is 82.3 Å². The molecule has 4 heterocycles. The molecular formula is C33H42Cl2N12O5. The van der Waals surface area contributed by atoms with Gasteiger partial charge >= 0.3 is 0 Å². The van der Waals surface area contributed by atoms with Crippen LogP contribution >= 0.6 is 24.0 Å². The van der Waals surface area contributed by atoms with E-state index in [-0.39, 0.29) is 46.5 Å². The second kappa shape index (κ2) is 17.3. The molecular weight excluding hydrogens is 715 g/mol. The Morgan fingerprint density at radius 3 is 1.37 bits per heavy atom. The van der Waals surface area contributed by atoms with Crippen molar-refractivity contribution in [2.75, 3.05) is 41.9 Å². The van der Waals surface area contributed by atoms with E-state index in [2.05, 4.69) is 48.8 Å². The highest BCUT2D eigenvalue weighted by Gasteiger charge is 2.20. The maximum Gasteiger partial charge on any atom is 0.272 e. The number of anilines is 4. The zero-order valence-electron chi connectivity index (χ0n) is 29.7. The first-order chi connectivity index (χ1) is 24.1. The highest BCUT2D eigenvalue weighted by molar-refractivity contribution is 6.43. The number of rotatable bonds is 12. The average molecular weight is 758 g/mol. The Morgan fingerprint density at radius 1 is 0.692 bits per heavy atom. The van der Waals surface area contributed by atoms with Crippen LogP contribution in [0, 0.1) is 0 Å². The molecule has 4 rings (SSSR count). The number of carbonyl (C=O) groups is 5. The van der Waals surface area contributed by atoms with Gasteiger partial charge in [-0.1, -0.05) is 18.2 Å². The van der Waals surface area contributed by atoms with Gasteiger partial charge in [-0.25, -0.2) is 0 Å². The normalized spacial score (nSPS) is 11.5. The van der Waals surface area contributed by atoms with Crippen LogP contribution in [0.15, 0.2) is 65.7 Å². The smallest absolute Gasteiger partial charge is 0.272 e. The third-order valence-corrected chi connectivity index (χ3v) is 7.81. The van der Waals surface area contributed by atoms with Gasteiger partial charge in [0.25, 0.3) is 29.5 Å². The van der Waals surface area contributed by atoms with Gasteiger partial charge in [0.2, 0.25) is 0 Å². The van der Waals surface area contributed by atoms with E-state index in [0.29, 0.717) is 40.9 Å². The third-order valence-electron chi connectivity index (χ3n) is 7.64. The summed E-state index contributed by atoms with van der Waals surface area (Å²) in [4.78, 5) is 68.1. The van der Waals surface area contributed by atoms with Gasteiger partial charge in [-0.3, -0.25) is 29.0 Å². The number of guanidine groups is 1. The van der Waals surface area contributed by atoms with Crippen LogP contribution in [0.5, 0.6) is 0 Å². The number of carbonyl (C=O) groups excluding carboxylic acids is 5. The van der Waals surface area contributed by atoms with Crippen molar-refractivity contribution < 1.29 is 24.0 Å². The molecule has 1 atom stereocenters. The molecule has 0 saturated carbocycles. The summed E-state index contributed by atoms with van der Waals surface area (Å²) in [5, 5.41) is 19.6. The number of hydrogen-bond acceptors (Lipinski definition) is 6. The van der Waals surface area contributed by atoms with Gasteiger partial charge in [-0.15, -0.1) is 12.4 Å². The second-order valence-electron chi connectivity index (χ2n) is 11.7. The van der Waals surface area contributed by atoms with Crippen molar-refractivity contribution in [3.05, 3.63) is 83.4 Å². The Hall–Kier alpha value is -5.94. The largest absolute Gasteiger partial charge is 0.359 e. The number of halogens is 2. The SMILES string of the molecule is C=C(Cl)C(=O)Nc1cc(C(=O)Nc2cc(C(=O)Nc3cc(C(=O)Nc4cc(C(=O)NCC(C)NC(=NC)NC)n(C)c4)n(C)c3)n(C)c2)n(C)c1.Cl. The Kier molecular flexibility index (Phi) is 13.5. The molecule has 0 saturated heterocycles. The molecule has 0 aromatic carbocycles. The fourth-order valence-electron chi connectivity index (χ4n) is 5.09. The molecule has 1 unspecified atom stereocenters. The maximum atomic E-state index is 13.2. The summed E-state index contributed by atoms with van der Waals surface area (Å²) < 4.78 is 6.24. The van der Waals surface area contributed by atoms with E-state index in [9.17, 15) is 24.0 Å². The van der Waals surface area contributed by atoms with Crippen LogP contribution in [0.3, 0.4) is 0 Å². The van der Waals surface area contributed by atoms with E-state index in [1.54, 1.807) is 86.8 Å². The van der Waals surface area contributed by atoms with Crippen LogP contribution in [0.1, 0.15) is 48.9 Å². The molecule has 19 heteroatoms. The molecule has 0 aliphatic rings. The Bertz CT molecular complexity index is 2040. The van der Waals surface area contributed by atoms with Gasteiger partial charge in [-0.2, -0.15) is 0 Å². The lowest BCUT2D eigenvalue weighted by molar-refractivity contribution is -0.112. The molecule has 278 valence electrons. The fourth-order valence-corrected chi connectivity index (χ4v) is 5.14. The van der Waals surface area contributed by atoms with Gasteiger partial charge in [-0.05, 0) is 31.2 Å². The van der Waals surface area contributed by atoms with Crippen molar-refractivity contribution in [1.82, 2.24) is 34.2 Å². The summed E-state index contributed by atoms with van der Waals surface area (Å²) in [6, 6.07) is 5.99. The zero-order valence-corrected chi connectivity index (χ0v) is 31.2. The number of hydrogen-bond donors (Lipinski definition) is 7. The number of aromatic nitrogens is 4. The molecule has 7 N–H and O–H groups in total. The highest BCUT2D eigenvalue weighted by atomic mass is 35.5. The number of aliphatic imine (C=N–C) groups is 1. The molecule has 0 aliphatic carbocycles. The summed E-state index contributed by atoms with van der Waals surface area (Å²) in [5.74, 6) is -1.71. The van der Waals surface area contributed by atoms with Crippen molar-refractivity contribution in [3.63, 3.8) is 0 Å². The van der Waals surface area contributed by atoms with Crippen molar-refractivity contribution in [2.24, 2.45) is 33.2 Å². The Morgan fingerprint density at radius 2 is 1.04 bits per heavy atom. The summed E-state index contributed by atoms with van der Waals surface area (Å²) >= 11 is 5.62. The number of nitrogens with one attached hydrogen (secondary N) is 7. The van der Waals surface area contributed by atoms with Gasteiger partial charge < -0.3 is 55.5 Å². The highest BCUT2D eigenvalue weighted by Crippen LogP contribution is 2.21. The molecule has 17 nitrogen and oxygen atoms in total. The first kappa shape index (κ1) is 40.5. The van der Waals surface area contributed by atoms with Crippen LogP contribution in [0.4, 0.5) is 22.7 Å². The molecule has 0 fully saturated rings. The summed E-state index contributed by atoms with van der Waals surface area (Å²) in [7, 11) is 10.0. The molecule has 0 bridgehead atoms. The van der Waals surface area contributed by atoms with E-state index in [1.807, 2.05) is 6.92 Å². The molecule has 0 radical (unpaired) electrons. The number of amides is 5. The zero-order chi connectivity index (χ0) is 37.6. The van der Waals surface area contributed by atoms with Crippen LogP contribution < -0.4 is 37.2 Å². The number of nitrogens with zero attached hydrogens (tertiary/aromatic N) is 5. The third kappa shape index (κ3) is 9.85. The molecule has 4 aromatic rings. The van der Waals surface area contributed by atoms with Gasteiger partial charge in [0.05, 0.1) is 27.8 Å². The van der Waals surface area contributed by atoms with Gasteiger partial charge in [0.15, 0.2) is 5.96 Å². The van der Waals surface area contributed by atoms with Gasteiger partial charge in [0, 0.05) is 79.7 Å². The van der Waals surface area contributed by atoms with E-state index in [4.69, 9.17) is 11.6 Å². The summed E-state index contributed by atoms with van der Waals surface area (Å²) in [5.41, 5.74) is 2.58. The fraction of sp³-hybridized carbons (Fsp3) is 0.273. The average Bonchev–Trinajstić information content (AvgIpc) is 3.83. The molecule has 0 spiro atoms. The van der Waals surface area contributed by atoms with Gasteiger partial charge in [0.1, 0.15) is 22.8 Å².